The zero-order valence-electron chi connectivity index (χ0n) is 19.7. The Kier molecular flexibility index (Phi) is 6.64. The Labute approximate surface area is 221 Å². The fraction of sp³-hybridized carbons (Fsp3) is 0.0345. The van der Waals surface area contributed by atoms with Gasteiger partial charge in [-0.1, -0.05) is 54.1 Å². The quantitative estimate of drug-likeness (QED) is 0.255. The third-order valence-electron chi connectivity index (χ3n) is 5.98. The van der Waals surface area contributed by atoms with Gasteiger partial charge >= 0.3 is 12.0 Å². The molecule has 188 valence electrons. The number of imide groups is 2. The van der Waals surface area contributed by atoms with E-state index in [1.165, 1.54) is 30.3 Å². The van der Waals surface area contributed by atoms with Crippen LogP contribution in [0.4, 0.5) is 10.5 Å². The van der Waals surface area contributed by atoms with Gasteiger partial charge in [-0.15, -0.1) is 0 Å². The number of halogens is 1. The van der Waals surface area contributed by atoms with Crippen LogP contribution < -0.4 is 15.0 Å². The SMILES string of the molecule is O=C1NC(=O)N(c2ccc(C(=O)O)cc2)C(=O)/C1=C/c1c(OCc2cccc(Cl)c2)ccc2ccccc12. The first-order valence-corrected chi connectivity index (χ1v) is 11.8. The van der Waals surface area contributed by atoms with Crippen LogP contribution in [0.5, 0.6) is 5.75 Å². The summed E-state index contributed by atoms with van der Waals surface area (Å²) in [5.41, 5.74) is 1.14. The van der Waals surface area contributed by atoms with Crippen LogP contribution in [0.25, 0.3) is 16.8 Å². The highest BCUT2D eigenvalue weighted by molar-refractivity contribution is 6.39. The maximum atomic E-state index is 13.4. The summed E-state index contributed by atoms with van der Waals surface area (Å²) in [5, 5.41) is 13.5. The molecular weight excluding hydrogens is 508 g/mol. The van der Waals surface area contributed by atoms with Crippen LogP contribution in [0, 0.1) is 0 Å². The van der Waals surface area contributed by atoms with Crippen molar-refractivity contribution in [1.29, 1.82) is 0 Å². The first kappa shape index (κ1) is 24.7. The minimum absolute atomic E-state index is 0.0114. The van der Waals surface area contributed by atoms with E-state index in [0.29, 0.717) is 16.3 Å². The van der Waals surface area contributed by atoms with Crippen molar-refractivity contribution in [3.05, 3.63) is 112 Å². The summed E-state index contributed by atoms with van der Waals surface area (Å²) < 4.78 is 6.08. The van der Waals surface area contributed by atoms with Crippen LogP contribution in [0.15, 0.2) is 90.5 Å². The van der Waals surface area contributed by atoms with Gasteiger partial charge in [0.25, 0.3) is 11.8 Å². The number of aromatic carboxylic acids is 1. The van der Waals surface area contributed by atoms with Crippen molar-refractivity contribution in [3.8, 4) is 5.75 Å². The van der Waals surface area contributed by atoms with Crippen molar-refractivity contribution in [1.82, 2.24) is 5.32 Å². The molecule has 2 N–H and O–H groups in total. The Morgan fingerprint density at radius 1 is 0.947 bits per heavy atom. The van der Waals surface area contributed by atoms with E-state index in [4.69, 9.17) is 21.4 Å². The number of nitrogens with one attached hydrogen (secondary N) is 1. The number of fused-ring (bicyclic) bond motifs is 1. The molecule has 0 unspecified atom stereocenters. The summed E-state index contributed by atoms with van der Waals surface area (Å²) in [6.45, 7) is 0.190. The first-order chi connectivity index (χ1) is 18.3. The number of rotatable bonds is 6. The van der Waals surface area contributed by atoms with Gasteiger partial charge in [0.05, 0.1) is 11.3 Å². The first-order valence-electron chi connectivity index (χ1n) is 11.5. The molecule has 0 aromatic heterocycles. The highest BCUT2D eigenvalue weighted by Gasteiger charge is 2.37. The maximum Gasteiger partial charge on any atom is 0.335 e. The molecule has 0 spiro atoms. The lowest BCUT2D eigenvalue weighted by Crippen LogP contribution is -2.54. The van der Waals surface area contributed by atoms with Crippen molar-refractivity contribution < 1.29 is 29.0 Å². The number of ether oxygens (including phenoxy) is 1. The number of anilines is 1. The number of nitrogens with zero attached hydrogens (tertiary/aromatic N) is 1. The monoisotopic (exact) mass is 526 g/mol. The summed E-state index contributed by atoms with van der Waals surface area (Å²) in [7, 11) is 0. The summed E-state index contributed by atoms with van der Waals surface area (Å²) in [6, 6.07) is 22.5. The average Bonchev–Trinajstić information content (AvgIpc) is 2.90. The normalized spacial score (nSPS) is 14.6. The van der Waals surface area contributed by atoms with Gasteiger partial charge in [0.2, 0.25) is 0 Å². The van der Waals surface area contributed by atoms with Crippen LogP contribution >= 0.6 is 11.6 Å². The van der Waals surface area contributed by atoms with Crippen LogP contribution in [0.2, 0.25) is 5.02 Å². The molecule has 1 fully saturated rings. The maximum absolute atomic E-state index is 13.4. The number of hydrogen-bond donors (Lipinski definition) is 2. The van der Waals surface area contributed by atoms with Crippen molar-refractivity contribution >= 4 is 58.0 Å². The fourth-order valence-electron chi connectivity index (χ4n) is 4.13. The Morgan fingerprint density at radius 2 is 1.71 bits per heavy atom. The lowest BCUT2D eigenvalue weighted by Gasteiger charge is -2.26. The molecule has 8 nitrogen and oxygen atoms in total. The van der Waals surface area contributed by atoms with Crippen LogP contribution in [0.3, 0.4) is 0 Å². The predicted molar refractivity (Wildman–Crippen MR) is 142 cm³/mol. The van der Waals surface area contributed by atoms with Gasteiger partial charge in [-0.3, -0.25) is 14.9 Å². The second kappa shape index (κ2) is 10.2. The van der Waals surface area contributed by atoms with Gasteiger partial charge in [0.1, 0.15) is 17.9 Å². The molecule has 4 aromatic rings. The lowest BCUT2D eigenvalue weighted by molar-refractivity contribution is -0.122. The number of carbonyl (C=O) groups is 4. The topological polar surface area (TPSA) is 113 Å². The molecule has 1 heterocycles. The van der Waals surface area contributed by atoms with E-state index in [1.54, 1.807) is 18.2 Å². The van der Waals surface area contributed by atoms with Crippen LogP contribution in [0.1, 0.15) is 21.5 Å². The van der Waals surface area contributed by atoms with Gasteiger partial charge in [0.15, 0.2) is 0 Å². The van der Waals surface area contributed by atoms with Gasteiger partial charge in [-0.2, -0.15) is 0 Å². The number of hydrogen-bond acceptors (Lipinski definition) is 5. The molecule has 9 heteroatoms. The Hall–Kier alpha value is -4.95. The van der Waals surface area contributed by atoms with E-state index in [0.717, 1.165) is 21.2 Å². The van der Waals surface area contributed by atoms with Crippen LogP contribution in [-0.4, -0.2) is 28.9 Å². The molecule has 1 saturated heterocycles. The number of benzene rings is 4. The molecule has 4 aromatic carbocycles. The standard InChI is InChI=1S/C29H19ClN2O6/c30-20-6-3-4-17(14-20)16-38-25-13-10-18-5-1-2-7-22(18)23(25)15-24-26(33)31-29(37)32(27(24)34)21-11-8-19(9-12-21)28(35)36/h1-15H,16H2,(H,35,36)(H,31,33,37)/b24-15+. The largest absolute Gasteiger partial charge is 0.488 e. The third-order valence-corrected chi connectivity index (χ3v) is 6.21. The van der Waals surface area contributed by atoms with Gasteiger partial charge in [-0.05, 0) is 64.9 Å². The molecule has 38 heavy (non-hydrogen) atoms. The minimum Gasteiger partial charge on any atom is -0.488 e. The highest BCUT2D eigenvalue weighted by Crippen LogP contribution is 2.32. The molecule has 5 rings (SSSR count). The highest BCUT2D eigenvalue weighted by atomic mass is 35.5. The Bertz CT molecular complexity index is 1640. The second-order valence-electron chi connectivity index (χ2n) is 8.43. The lowest BCUT2D eigenvalue weighted by atomic mass is 9.99. The van der Waals surface area contributed by atoms with Crippen molar-refractivity contribution in [2.24, 2.45) is 0 Å². The van der Waals surface area contributed by atoms with E-state index in [-0.39, 0.29) is 23.4 Å². The smallest absolute Gasteiger partial charge is 0.335 e. The summed E-state index contributed by atoms with van der Waals surface area (Å²) in [6.07, 6.45) is 1.40. The number of carbonyl (C=O) groups excluding carboxylic acids is 3. The molecule has 4 amide bonds. The molecule has 0 bridgehead atoms. The molecule has 1 aliphatic heterocycles. The number of amides is 4. The molecule has 0 aliphatic carbocycles. The van der Waals surface area contributed by atoms with Gasteiger partial charge in [0, 0.05) is 10.6 Å². The zero-order valence-corrected chi connectivity index (χ0v) is 20.4. The zero-order chi connectivity index (χ0) is 26.8. The van der Waals surface area contributed by atoms with E-state index < -0.39 is 23.8 Å². The fourth-order valence-corrected chi connectivity index (χ4v) is 4.34. The Balaban J connectivity index is 1.56. The van der Waals surface area contributed by atoms with Gasteiger partial charge < -0.3 is 9.84 Å². The molecule has 0 saturated carbocycles. The molecular formula is C29H19ClN2O6. The number of carboxylic acids is 1. The average molecular weight is 527 g/mol. The van der Waals surface area contributed by atoms with Gasteiger partial charge in [-0.25, -0.2) is 14.5 Å². The third kappa shape index (κ3) is 4.85. The minimum atomic E-state index is -1.15. The molecule has 0 radical (unpaired) electrons. The van der Waals surface area contributed by atoms with Crippen molar-refractivity contribution in [3.63, 3.8) is 0 Å². The number of urea groups is 1. The van der Waals surface area contributed by atoms with E-state index >= 15 is 0 Å². The predicted octanol–water partition coefficient (Wildman–Crippen LogP) is 5.44. The van der Waals surface area contributed by atoms with E-state index in [9.17, 15) is 19.2 Å². The summed E-state index contributed by atoms with van der Waals surface area (Å²) >= 11 is 6.09. The summed E-state index contributed by atoms with van der Waals surface area (Å²) in [4.78, 5) is 50.8. The Morgan fingerprint density at radius 3 is 2.45 bits per heavy atom. The van der Waals surface area contributed by atoms with Crippen molar-refractivity contribution in [2.75, 3.05) is 4.90 Å². The van der Waals surface area contributed by atoms with Crippen LogP contribution in [-0.2, 0) is 16.2 Å². The molecule has 1 aliphatic rings. The summed E-state index contributed by atoms with van der Waals surface area (Å²) in [5.74, 6) is -2.43. The number of carboxylic acid groups (broad SMARTS) is 1. The number of barbiturate groups is 1. The van der Waals surface area contributed by atoms with Crippen molar-refractivity contribution in [2.45, 2.75) is 6.61 Å². The van der Waals surface area contributed by atoms with E-state index in [2.05, 4.69) is 5.32 Å². The molecule has 0 atom stereocenters. The second-order valence-corrected chi connectivity index (χ2v) is 8.86. The van der Waals surface area contributed by atoms with E-state index in [1.807, 2.05) is 42.5 Å².